The first-order valence-electron chi connectivity index (χ1n) is 8.19. The highest BCUT2D eigenvalue weighted by Crippen LogP contribution is 2.29. The third-order valence-corrected chi connectivity index (χ3v) is 5.93. The average Bonchev–Trinajstić information content (AvgIpc) is 3.40. The van der Waals surface area contributed by atoms with Crippen LogP contribution in [0.25, 0.3) is 10.7 Å². The first kappa shape index (κ1) is 16.6. The molecule has 0 bridgehead atoms. The largest absolute Gasteiger partial charge is 0.376 e. The second-order valence-electron chi connectivity index (χ2n) is 5.82. The van der Waals surface area contributed by atoms with Gasteiger partial charge in [0.2, 0.25) is 0 Å². The lowest BCUT2D eigenvalue weighted by molar-refractivity contribution is 0.0953. The molecule has 0 spiro atoms. The molecule has 3 aromatic rings. The van der Waals surface area contributed by atoms with E-state index in [0.29, 0.717) is 11.4 Å². The highest BCUT2D eigenvalue weighted by atomic mass is 32.2. The number of carbonyl (C=O) groups is 1. The molecule has 0 radical (unpaired) electrons. The van der Waals surface area contributed by atoms with Crippen molar-refractivity contribution in [2.75, 3.05) is 12.4 Å². The first-order valence-corrected chi connectivity index (χ1v) is 10.1. The molecule has 0 aromatic carbocycles. The van der Waals surface area contributed by atoms with Crippen LogP contribution in [0.4, 0.5) is 0 Å². The van der Waals surface area contributed by atoms with E-state index in [4.69, 9.17) is 4.74 Å². The number of nitrogens with zero attached hydrogens (tertiary/aromatic N) is 3. The van der Waals surface area contributed by atoms with Crippen LogP contribution in [0.5, 0.6) is 0 Å². The van der Waals surface area contributed by atoms with Crippen molar-refractivity contribution in [1.29, 1.82) is 0 Å². The van der Waals surface area contributed by atoms with Gasteiger partial charge in [-0.2, -0.15) is 0 Å². The SMILES string of the molecule is O=C(CSc1nnc(-c2cccs2)n1C[C@H]1CCCO1)c1ccc[nH]1. The Balaban J connectivity index is 1.54. The summed E-state index contributed by atoms with van der Waals surface area (Å²) in [5, 5.41) is 11.5. The fourth-order valence-corrected chi connectivity index (χ4v) is 4.40. The lowest BCUT2D eigenvalue weighted by atomic mass is 10.2. The van der Waals surface area contributed by atoms with Gasteiger partial charge in [-0.3, -0.25) is 9.36 Å². The Morgan fingerprint density at radius 2 is 2.36 bits per heavy atom. The zero-order valence-corrected chi connectivity index (χ0v) is 15.2. The van der Waals surface area contributed by atoms with E-state index in [1.807, 2.05) is 23.6 Å². The highest BCUT2D eigenvalue weighted by molar-refractivity contribution is 7.99. The van der Waals surface area contributed by atoms with Crippen molar-refractivity contribution < 1.29 is 9.53 Å². The van der Waals surface area contributed by atoms with E-state index in [1.54, 1.807) is 23.6 Å². The molecule has 0 aliphatic carbocycles. The number of ether oxygens (including phenoxy) is 1. The van der Waals surface area contributed by atoms with Gasteiger partial charge in [-0.15, -0.1) is 21.5 Å². The molecule has 3 aromatic heterocycles. The average molecular weight is 374 g/mol. The number of aromatic amines is 1. The van der Waals surface area contributed by atoms with Crippen LogP contribution in [0.1, 0.15) is 23.3 Å². The highest BCUT2D eigenvalue weighted by Gasteiger charge is 2.22. The number of hydrogen-bond acceptors (Lipinski definition) is 6. The molecule has 25 heavy (non-hydrogen) atoms. The van der Waals surface area contributed by atoms with Gasteiger partial charge in [-0.25, -0.2) is 0 Å². The number of H-pyrrole nitrogens is 1. The zero-order chi connectivity index (χ0) is 17.1. The van der Waals surface area contributed by atoms with Gasteiger partial charge in [0.25, 0.3) is 0 Å². The molecule has 1 atom stereocenters. The van der Waals surface area contributed by atoms with Gasteiger partial charge < -0.3 is 9.72 Å². The van der Waals surface area contributed by atoms with Crippen molar-refractivity contribution >= 4 is 28.9 Å². The lowest BCUT2D eigenvalue weighted by Crippen LogP contribution is -2.17. The van der Waals surface area contributed by atoms with Gasteiger partial charge in [-0.1, -0.05) is 17.8 Å². The van der Waals surface area contributed by atoms with Crippen molar-refractivity contribution in [3.8, 4) is 10.7 Å². The summed E-state index contributed by atoms with van der Waals surface area (Å²) < 4.78 is 7.88. The molecule has 8 heteroatoms. The summed E-state index contributed by atoms with van der Waals surface area (Å²) in [5.74, 6) is 1.23. The first-order chi connectivity index (χ1) is 12.3. The standard InChI is InChI=1S/C17H18N4O2S2/c22-14(13-5-1-7-18-13)11-25-17-20-19-16(15-6-3-9-24-15)21(17)10-12-4-2-8-23-12/h1,3,5-7,9,12,18H,2,4,8,10-11H2/t12-/m1/s1. The Labute approximate surface area is 153 Å². The third kappa shape index (κ3) is 3.70. The summed E-state index contributed by atoms with van der Waals surface area (Å²) in [4.78, 5) is 16.3. The zero-order valence-electron chi connectivity index (χ0n) is 13.6. The third-order valence-electron chi connectivity index (χ3n) is 4.10. The molecular weight excluding hydrogens is 356 g/mol. The minimum atomic E-state index is 0.0549. The van der Waals surface area contributed by atoms with Crippen molar-refractivity contribution in [3.63, 3.8) is 0 Å². The second-order valence-corrected chi connectivity index (χ2v) is 7.71. The summed E-state index contributed by atoms with van der Waals surface area (Å²) in [6.07, 6.45) is 4.09. The van der Waals surface area contributed by atoms with Crippen LogP contribution < -0.4 is 0 Å². The van der Waals surface area contributed by atoms with Gasteiger partial charge >= 0.3 is 0 Å². The fraction of sp³-hybridized carbons (Fsp3) is 0.353. The predicted octanol–water partition coefficient (Wildman–Crippen LogP) is 3.49. The number of thiophene rings is 1. The molecule has 1 saturated heterocycles. The maximum absolute atomic E-state index is 12.2. The van der Waals surface area contributed by atoms with Gasteiger partial charge in [0.05, 0.1) is 29.0 Å². The number of carbonyl (C=O) groups excluding carboxylic acids is 1. The fourth-order valence-electron chi connectivity index (χ4n) is 2.85. The van der Waals surface area contributed by atoms with E-state index in [1.165, 1.54) is 11.8 Å². The van der Waals surface area contributed by atoms with Crippen LogP contribution >= 0.6 is 23.1 Å². The van der Waals surface area contributed by atoms with Gasteiger partial charge in [0.15, 0.2) is 16.8 Å². The molecule has 0 unspecified atom stereocenters. The monoisotopic (exact) mass is 374 g/mol. The molecule has 4 heterocycles. The van der Waals surface area contributed by atoms with Crippen LogP contribution in [0.2, 0.25) is 0 Å². The number of hydrogen-bond donors (Lipinski definition) is 1. The van der Waals surface area contributed by atoms with E-state index in [0.717, 1.165) is 41.9 Å². The predicted molar refractivity (Wildman–Crippen MR) is 98.2 cm³/mol. The maximum atomic E-state index is 12.2. The Morgan fingerprint density at radius 1 is 1.40 bits per heavy atom. The van der Waals surface area contributed by atoms with Crippen LogP contribution in [0, 0.1) is 0 Å². The molecule has 1 aliphatic rings. The molecule has 4 rings (SSSR count). The molecule has 0 saturated carbocycles. The second kappa shape index (κ2) is 7.55. The van der Waals surface area contributed by atoms with Crippen LogP contribution in [-0.2, 0) is 11.3 Å². The van der Waals surface area contributed by atoms with Crippen LogP contribution in [0.15, 0.2) is 41.0 Å². The van der Waals surface area contributed by atoms with Crippen molar-refractivity contribution in [2.45, 2.75) is 30.6 Å². The van der Waals surface area contributed by atoms with E-state index in [9.17, 15) is 4.79 Å². The number of thioether (sulfide) groups is 1. The number of rotatable bonds is 7. The molecule has 1 N–H and O–H groups in total. The maximum Gasteiger partial charge on any atom is 0.192 e. The van der Waals surface area contributed by atoms with Crippen molar-refractivity contribution in [3.05, 3.63) is 41.5 Å². The quantitative estimate of drug-likeness (QED) is 0.506. The summed E-state index contributed by atoms with van der Waals surface area (Å²) >= 11 is 3.06. The Morgan fingerprint density at radius 3 is 3.08 bits per heavy atom. The minimum absolute atomic E-state index is 0.0549. The van der Waals surface area contributed by atoms with E-state index in [-0.39, 0.29) is 11.9 Å². The Kier molecular flexibility index (Phi) is 5.00. The van der Waals surface area contributed by atoms with Crippen LogP contribution in [0.3, 0.4) is 0 Å². The molecule has 130 valence electrons. The molecule has 1 aliphatic heterocycles. The number of Topliss-reactive ketones (excluding diaryl/α,β-unsaturated/α-hetero) is 1. The molecular formula is C17H18N4O2S2. The topological polar surface area (TPSA) is 72.8 Å². The summed E-state index contributed by atoms with van der Waals surface area (Å²) in [6.45, 7) is 1.54. The number of aromatic nitrogens is 4. The van der Waals surface area contributed by atoms with E-state index >= 15 is 0 Å². The number of ketones is 1. The summed E-state index contributed by atoms with van der Waals surface area (Å²) in [6, 6.07) is 7.66. The molecule has 1 fully saturated rings. The smallest absolute Gasteiger partial charge is 0.192 e. The van der Waals surface area contributed by atoms with Gasteiger partial charge in [0.1, 0.15) is 0 Å². The lowest BCUT2D eigenvalue weighted by Gasteiger charge is -2.14. The minimum Gasteiger partial charge on any atom is -0.376 e. The molecule has 6 nitrogen and oxygen atoms in total. The van der Waals surface area contributed by atoms with Crippen molar-refractivity contribution in [2.24, 2.45) is 0 Å². The van der Waals surface area contributed by atoms with E-state index in [2.05, 4.69) is 19.7 Å². The molecule has 0 amide bonds. The Bertz CT molecular complexity index is 821. The van der Waals surface area contributed by atoms with Gasteiger partial charge in [0, 0.05) is 12.8 Å². The van der Waals surface area contributed by atoms with E-state index < -0.39 is 0 Å². The van der Waals surface area contributed by atoms with Crippen molar-refractivity contribution in [1.82, 2.24) is 19.7 Å². The normalized spacial score (nSPS) is 17.2. The number of nitrogens with one attached hydrogen (secondary N) is 1. The Hall–Kier alpha value is -1.90. The summed E-state index contributed by atoms with van der Waals surface area (Å²) in [7, 11) is 0. The summed E-state index contributed by atoms with van der Waals surface area (Å²) in [5.41, 5.74) is 0.621. The van der Waals surface area contributed by atoms with Crippen LogP contribution in [-0.4, -0.2) is 44.0 Å². The van der Waals surface area contributed by atoms with Gasteiger partial charge in [-0.05, 0) is 36.4 Å².